The van der Waals surface area contributed by atoms with Gasteiger partial charge < -0.3 is 14.8 Å². The van der Waals surface area contributed by atoms with Crippen molar-refractivity contribution in [3.8, 4) is 11.5 Å². The topological polar surface area (TPSA) is 87.7 Å². The average Bonchev–Trinajstić information content (AvgIpc) is 3.12. The van der Waals surface area contributed by atoms with Crippen molar-refractivity contribution < 1.29 is 19.3 Å². The molecule has 0 spiro atoms. The second-order valence-corrected chi connectivity index (χ2v) is 7.33. The number of nitrogen functional groups attached to an aromatic ring is 1. The minimum atomic E-state index is -0.109. The van der Waals surface area contributed by atoms with E-state index in [9.17, 15) is 4.79 Å². The third-order valence-electron chi connectivity index (χ3n) is 4.50. The molecule has 1 heterocycles. The number of H-pyrrole nitrogens is 1. The van der Waals surface area contributed by atoms with Crippen LogP contribution < -0.4 is 25.5 Å². The summed E-state index contributed by atoms with van der Waals surface area (Å²) in [5.41, 5.74) is 9.83. The quantitative estimate of drug-likeness (QED) is 0.638. The van der Waals surface area contributed by atoms with Crippen molar-refractivity contribution in [2.45, 2.75) is 19.3 Å². The number of hydrogen-bond acceptors (Lipinski definition) is 5. The van der Waals surface area contributed by atoms with E-state index in [4.69, 9.17) is 15.2 Å². The van der Waals surface area contributed by atoms with Gasteiger partial charge in [-0.15, -0.1) is 0 Å². The molecule has 1 amide bonds. The van der Waals surface area contributed by atoms with E-state index in [1.165, 1.54) is 18.3 Å². The summed E-state index contributed by atoms with van der Waals surface area (Å²) in [7, 11) is 3.30. The normalized spacial score (nSPS) is 11.7. The summed E-state index contributed by atoms with van der Waals surface area (Å²) in [5, 5.41) is 5.53. The molecule has 3 aromatic rings. The zero-order valence-electron chi connectivity index (χ0n) is 16.1. The number of aromatic nitrogens is 1. The van der Waals surface area contributed by atoms with Crippen molar-refractivity contribution in [2.75, 3.05) is 25.3 Å². The maximum absolute atomic E-state index is 11.4. The second kappa shape index (κ2) is 8.75. The molecule has 28 heavy (non-hydrogen) atoms. The molecule has 3 rings (SSSR count). The first-order valence-corrected chi connectivity index (χ1v) is 9.72. The molecule has 4 N–H and O–H groups in total. The molecule has 1 aromatic heterocycles. The second-order valence-electron chi connectivity index (χ2n) is 6.42. The molecule has 1 atom stereocenters. The Morgan fingerprint density at radius 1 is 1.18 bits per heavy atom. The Labute approximate surface area is 168 Å². The van der Waals surface area contributed by atoms with Crippen molar-refractivity contribution in [2.24, 2.45) is 0 Å². The standard InChI is InChI=1S/C21H23N3O3S/c1-13(25)23-16-6-9-20(27-3)15(10-16)11-18(19-12-28-21(22)24-19)14-4-7-17(26-2)8-5-14/h4-10,12,18H,11H2,1-3H3,(H2,22,24)(H,23,25)/p+1. The predicted octanol–water partition coefficient (Wildman–Crippen LogP) is 3.49. The smallest absolute Gasteiger partial charge is 0.329 e. The van der Waals surface area contributed by atoms with Gasteiger partial charge >= 0.3 is 5.13 Å². The highest BCUT2D eigenvalue weighted by Gasteiger charge is 2.22. The molecular weight excluding hydrogens is 374 g/mol. The third-order valence-corrected chi connectivity index (χ3v) is 5.23. The Morgan fingerprint density at radius 2 is 1.93 bits per heavy atom. The number of rotatable bonds is 7. The number of nitrogens with two attached hydrogens (primary N) is 1. The Kier molecular flexibility index (Phi) is 6.16. The van der Waals surface area contributed by atoms with Gasteiger partial charge in [-0.25, -0.2) is 4.98 Å². The van der Waals surface area contributed by atoms with Crippen LogP contribution in [0, 0.1) is 0 Å². The summed E-state index contributed by atoms with van der Waals surface area (Å²) in [6.07, 6.45) is 0.676. The van der Waals surface area contributed by atoms with Gasteiger partial charge in [-0.05, 0) is 47.9 Å². The summed E-state index contributed by atoms with van der Waals surface area (Å²) in [6, 6.07) is 13.7. The van der Waals surface area contributed by atoms with Crippen molar-refractivity contribution in [1.82, 2.24) is 0 Å². The van der Waals surface area contributed by atoms with Gasteiger partial charge in [-0.3, -0.25) is 10.5 Å². The number of benzene rings is 2. The number of thiazole rings is 1. The van der Waals surface area contributed by atoms with Crippen LogP contribution in [-0.4, -0.2) is 20.1 Å². The first kappa shape index (κ1) is 19.7. The van der Waals surface area contributed by atoms with Gasteiger partial charge in [0.25, 0.3) is 0 Å². The molecular formula is C21H24N3O3S+. The first-order chi connectivity index (χ1) is 13.5. The molecule has 6 nitrogen and oxygen atoms in total. The van der Waals surface area contributed by atoms with Crippen molar-refractivity contribution in [1.29, 1.82) is 0 Å². The number of hydrogen-bond donors (Lipinski definition) is 2. The fourth-order valence-corrected chi connectivity index (χ4v) is 3.83. The molecule has 0 aliphatic rings. The van der Waals surface area contributed by atoms with E-state index >= 15 is 0 Å². The molecule has 0 aliphatic carbocycles. The SMILES string of the molecule is COc1ccc(C(Cc2cc(NC(C)=O)ccc2OC)c2csc(N)[nH+]2)cc1. The maximum Gasteiger partial charge on any atom is 0.329 e. The molecule has 0 fully saturated rings. The lowest BCUT2D eigenvalue weighted by molar-refractivity contribution is -0.368. The van der Waals surface area contributed by atoms with E-state index in [-0.39, 0.29) is 11.8 Å². The summed E-state index contributed by atoms with van der Waals surface area (Å²) >= 11 is 1.48. The van der Waals surface area contributed by atoms with Crippen LogP contribution in [0.1, 0.15) is 29.7 Å². The number of ether oxygens (including phenoxy) is 2. The molecule has 1 unspecified atom stereocenters. The molecule has 0 saturated carbocycles. The van der Waals surface area contributed by atoms with E-state index in [2.05, 4.69) is 22.4 Å². The minimum Gasteiger partial charge on any atom is -0.497 e. The summed E-state index contributed by atoms with van der Waals surface area (Å²) in [5.74, 6) is 1.51. The molecule has 0 aliphatic heterocycles. The summed E-state index contributed by atoms with van der Waals surface area (Å²) in [6.45, 7) is 1.49. The van der Waals surface area contributed by atoms with Gasteiger partial charge in [-0.1, -0.05) is 23.5 Å². The number of amides is 1. The molecule has 0 radical (unpaired) electrons. The van der Waals surface area contributed by atoms with E-state index in [1.54, 1.807) is 14.2 Å². The average molecular weight is 399 g/mol. The summed E-state index contributed by atoms with van der Waals surface area (Å²) in [4.78, 5) is 14.7. The fraction of sp³-hybridized carbons (Fsp3) is 0.238. The molecule has 146 valence electrons. The van der Waals surface area contributed by atoms with Crippen LogP contribution in [-0.2, 0) is 11.2 Å². The Hall–Kier alpha value is -3.06. The Bertz CT molecular complexity index is 954. The highest BCUT2D eigenvalue weighted by Crippen LogP contribution is 2.33. The van der Waals surface area contributed by atoms with Crippen LogP contribution in [0.4, 0.5) is 10.8 Å². The van der Waals surface area contributed by atoms with Crippen LogP contribution in [0.15, 0.2) is 47.8 Å². The zero-order chi connectivity index (χ0) is 20.1. The van der Waals surface area contributed by atoms with Crippen LogP contribution in [0.3, 0.4) is 0 Å². The molecule has 0 bridgehead atoms. The Balaban J connectivity index is 2.00. The van der Waals surface area contributed by atoms with Crippen molar-refractivity contribution >= 4 is 28.1 Å². The van der Waals surface area contributed by atoms with Crippen LogP contribution >= 0.6 is 11.3 Å². The predicted molar refractivity (Wildman–Crippen MR) is 111 cm³/mol. The minimum absolute atomic E-state index is 0.0425. The number of anilines is 2. The zero-order valence-corrected chi connectivity index (χ0v) is 16.9. The Morgan fingerprint density at radius 3 is 2.50 bits per heavy atom. The number of aromatic amines is 1. The maximum atomic E-state index is 11.4. The first-order valence-electron chi connectivity index (χ1n) is 8.84. The van der Waals surface area contributed by atoms with Crippen LogP contribution in [0.25, 0.3) is 0 Å². The van der Waals surface area contributed by atoms with E-state index in [1.807, 2.05) is 35.7 Å². The highest BCUT2D eigenvalue weighted by molar-refractivity contribution is 7.13. The summed E-state index contributed by atoms with van der Waals surface area (Å²) < 4.78 is 10.8. The van der Waals surface area contributed by atoms with Crippen LogP contribution in [0.5, 0.6) is 11.5 Å². The van der Waals surface area contributed by atoms with E-state index in [0.29, 0.717) is 11.6 Å². The lowest BCUT2D eigenvalue weighted by Gasteiger charge is -2.18. The van der Waals surface area contributed by atoms with Gasteiger partial charge in [0, 0.05) is 18.0 Å². The van der Waals surface area contributed by atoms with Gasteiger partial charge in [0.05, 0.1) is 20.1 Å². The van der Waals surface area contributed by atoms with Crippen LogP contribution in [0.2, 0.25) is 0 Å². The number of carbonyl (C=O) groups is 1. The third kappa shape index (κ3) is 4.61. The molecule has 7 heteroatoms. The number of carbonyl (C=O) groups excluding carboxylic acids is 1. The van der Waals surface area contributed by atoms with Crippen molar-refractivity contribution in [3.05, 3.63) is 64.7 Å². The monoisotopic (exact) mass is 398 g/mol. The van der Waals surface area contributed by atoms with Gasteiger partial charge in [-0.2, -0.15) is 0 Å². The number of methoxy groups -OCH3 is 2. The van der Waals surface area contributed by atoms with Gasteiger partial charge in [0.15, 0.2) is 0 Å². The lowest BCUT2D eigenvalue weighted by atomic mass is 9.89. The molecule has 2 aromatic carbocycles. The van der Waals surface area contributed by atoms with Gasteiger partial charge in [0.2, 0.25) is 5.91 Å². The number of nitrogens with one attached hydrogen (secondary N) is 2. The fourth-order valence-electron chi connectivity index (χ4n) is 3.18. The van der Waals surface area contributed by atoms with E-state index in [0.717, 1.165) is 34.0 Å². The lowest BCUT2D eigenvalue weighted by Crippen LogP contribution is -2.17. The van der Waals surface area contributed by atoms with Crippen molar-refractivity contribution in [3.63, 3.8) is 0 Å². The highest BCUT2D eigenvalue weighted by atomic mass is 32.1. The molecule has 0 saturated heterocycles. The van der Waals surface area contributed by atoms with Gasteiger partial charge in [0.1, 0.15) is 17.2 Å². The largest absolute Gasteiger partial charge is 0.497 e. The van der Waals surface area contributed by atoms with E-state index < -0.39 is 0 Å².